The quantitative estimate of drug-likeness (QED) is 0.320. The van der Waals surface area contributed by atoms with Gasteiger partial charge in [0, 0.05) is 6.07 Å². The molecule has 0 saturated heterocycles. The maximum atomic E-state index is 11.1. The number of aromatic amines is 1. The molecule has 128 valence electrons. The zero-order chi connectivity index (χ0) is 17.9. The van der Waals surface area contributed by atoms with Crippen LogP contribution < -0.4 is 5.43 Å². The number of nitro groups is 1. The zero-order valence-electron chi connectivity index (χ0n) is 13.4. The van der Waals surface area contributed by atoms with E-state index in [9.17, 15) is 10.1 Å². The van der Waals surface area contributed by atoms with E-state index in [4.69, 9.17) is 4.42 Å². The molecule has 0 fully saturated rings. The van der Waals surface area contributed by atoms with Crippen LogP contribution in [0, 0.1) is 10.1 Å². The van der Waals surface area contributed by atoms with Crippen molar-refractivity contribution in [3.8, 4) is 11.3 Å². The number of anilines is 1. The van der Waals surface area contributed by atoms with Crippen molar-refractivity contribution in [1.29, 1.82) is 0 Å². The summed E-state index contributed by atoms with van der Waals surface area (Å²) < 4.78 is 5.63. The fraction of sp³-hybridized carbons (Fsp3) is 0. The van der Waals surface area contributed by atoms with Crippen molar-refractivity contribution in [1.82, 2.24) is 9.97 Å². The van der Waals surface area contributed by atoms with E-state index in [1.54, 1.807) is 30.3 Å². The number of nitrogens with zero attached hydrogens (tertiary/aromatic N) is 3. The number of hydrogen-bond acceptors (Lipinski definition) is 6. The molecule has 8 nitrogen and oxygen atoms in total. The molecular formula is C18H13N5O3. The molecule has 2 heterocycles. The van der Waals surface area contributed by atoms with Gasteiger partial charge in [0.05, 0.1) is 27.7 Å². The summed E-state index contributed by atoms with van der Waals surface area (Å²) in [5.74, 6) is 1.37. The van der Waals surface area contributed by atoms with Crippen molar-refractivity contribution in [2.24, 2.45) is 5.10 Å². The van der Waals surface area contributed by atoms with Gasteiger partial charge in [-0.1, -0.05) is 24.3 Å². The lowest BCUT2D eigenvalue weighted by atomic mass is 10.1. The summed E-state index contributed by atoms with van der Waals surface area (Å²) in [5.41, 5.74) is 4.95. The summed E-state index contributed by atoms with van der Waals surface area (Å²) in [6.45, 7) is 0. The summed E-state index contributed by atoms with van der Waals surface area (Å²) in [6, 6.07) is 17.4. The third-order valence-corrected chi connectivity index (χ3v) is 3.74. The van der Waals surface area contributed by atoms with Gasteiger partial charge in [0.15, 0.2) is 0 Å². The molecule has 8 heteroatoms. The van der Waals surface area contributed by atoms with Crippen molar-refractivity contribution in [3.63, 3.8) is 0 Å². The Bertz CT molecular complexity index is 1080. The Hall–Kier alpha value is -3.94. The average molecular weight is 347 g/mol. The van der Waals surface area contributed by atoms with Crippen molar-refractivity contribution in [3.05, 3.63) is 76.5 Å². The molecule has 0 aliphatic rings. The minimum Gasteiger partial charge on any atom is -0.455 e. The minimum absolute atomic E-state index is 0.00857. The fourth-order valence-electron chi connectivity index (χ4n) is 2.57. The Morgan fingerprint density at radius 3 is 2.77 bits per heavy atom. The van der Waals surface area contributed by atoms with Crippen molar-refractivity contribution in [2.45, 2.75) is 0 Å². The number of imidazole rings is 1. The predicted octanol–water partition coefficient (Wildman–Crippen LogP) is 4.18. The number of nitrogens with one attached hydrogen (secondary N) is 2. The van der Waals surface area contributed by atoms with Gasteiger partial charge in [-0.25, -0.2) is 10.4 Å². The maximum Gasteiger partial charge on any atom is 0.280 e. The van der Waals surface area contributed by atoms with Gasteiger partial charge in [-0.05, 0) is 30.3 Å². The second kappa shape index (κ2) is 6.52. The van der Waals surface area contributed by atoms with Gasteiger partial charge < -0.3 is 9.40 Å². The highest BCUT2D eigenvalue weighted by Crippen LogP contribution is 2.30. The minimum atomic E-state index is -0.436. The number of hydrazone groups is 1. The zero-order valence-corrected chi connectivity index (χ0v) is 13.4. The number of nitro benzene ring substituents is 1. The van der Waals surface area contributed by atoms with E-state index < -0.39 is 4.92 Å². The van der Waals surface area contributed by atoms with Gasteiger partial charge in [0.1, 0.15) is 11.5 Å². The second-order valence-electron chi connectivity index (χ2n) is 5.45. The molecule has 0 radical (unpaired) electrons. The molecule has 0 spiro atoms. The number of H-pyrrole nitrogens is 1. The van der Waals surface area contributed by atoms with Gasteiger partial charge in [-0.2, -0.15) is 5.10 Å². The lowest BCUT2D eigenvalue weighted by Gasteiger charge is -1.98. The Morgan fingerprint density at radius 2 is 1.92 bits per heavy atom. The number of rotatable bonds is 5. The van der Waals surface area contributed by atoms with Crippen LogP contribution in [0.5, 0.6) is 0 Å². The van der Waals surface area contributed by atoms with E-state index in [0.717, 1.165) is 11.0 Å². The predicted molar refractivity (Wildman–Crippen MR) is 98.1 cm³/mol. The highest BCUT2D eigenvalue weighted by molar-refractivity contribution is 5.80. The summed E-state index contributed by atoms with van der Waals surface area (Å²) >= 11 is 0. The molecule has 2 N–H and O–H groups in total. The van der Waals surface area contributed by atoms with Crippen LogP contribution in [0.1, 0.15) is 5.76 Å². The normalized spacial score (nSPS) is 11.2. The van der Waals surface area contributed by atoms with Crippen molar-refractivity contribution < 1.29 is 9.34 Å². The summed E-state index contributed by atoms with van der Waals surface area (Å²) in [6.07, 6.45) is 1.48. The van der Waals surface area contributed by atoms with Gasteiger partial charge >= 0.3 is 0 Å². The van der Waals surface area contributed by atoms with Gasteiger partial charge in [-0.3, -0.25) is 10.1 Å². The first-order valence-electron chi connectivity index (χ1n) is 7.78. The Balaban J connectivity index is 1.51. The third-order valence-electron chi connectivity index (χ3n) is 3.74. The number of benzene rings is 2. The molecule has 26 heavy (non-hydrogen) atoms. The molecule has 2 aromatic carbocycles. The number of furan rings is 1. The first kappa shape index (κ1) is 15.6. The van der Waals surface area contributed by atoms with Crippen LogP contribution in [-0.2, 0) is 0 Å². The Kier molecular flexibility index (Phi) is 3.91. The topological polar surface area (TPSA) is 109 Å². The largest absolute Gasteiger partial charge is 0.455 e. The number of aromatic nitrogens is 2. The summed E-state index contributed by atoms with van der Waals surface area (Å²) in [5, 5.41) is 15.2. The fourth-order valence-corrected chi connectivity index (χ4v) is 2.57. The van der Waals surface area contributed by atoms with E-state index >= 15 is 0 Å². The van der Waals surface area contributed by atoms with Crippen molar-refractivity contribution in [2.75, 3.05) is 5.43 Å². The van der Waals surface area contributed by atoms with Crippen molar-refractivity contribution >= 4 is 28.9 Å². The van der Waals surface area contributed by atoms with E-state index in [1.807, 2.05) is 24.3 Å². The van der Waals surface area contributed by atoms with Gasteiger partial charge in [0.25, 0.3) is 5.69 Å². The van der Waals surface area contributed by atoms with E-state index in [-0.39, 0.29) is 5.69 Å². The SMILES string of the molecule is O=[N+]([O-])c1ccccc1-c1ccc(/C=N/Nc2nc3ccccc3[nH]2)o1. The van der Waals surface area contributed by atoms with Crippen LogP contribution in [0.4, 0.5) is 11.6 Å². The number of fused-ring (bicyclic) bond motifs is 1. The molecular weight excluding hydrogens is 334 g/mol. The van der Waals surface area contributed by atoms with E-state index in [1.165, 1.54) is 12.3 Å². The average Bonchev–Trinajstić information content (AvgIpc) is 3.28. The van der Waals surface area contributed by atoms with Crippen LogP contribution in [0.3, 0.4) is 0 Å². The second-order valence-corrected chi connectivity index (χ2v) is 5.45. The summed E-state index contributed by atoms with van der Waals surface area (Å²) in [4.78, 5) is 18.1. The molecule has 4 rings (SSSR count). The first-order valence-corrected chi connectivity index (χ1v) is 7.78. The smallest absolute Gasteiger partial charge is 0.280 e. The Morgan fingerprint density at radius 1 is 1.12 bits per heavy atom. The molecule has 0 atom stereocenters. The summed E-state index contributed by atoms with van der Waals surface area (Å²) in [7, 11) is 0. The molecule has 0 unspecified atom stereocenters. The lowest BCUT2D eigenvalue weighted by molar-refractivity contribution is -0.384. The molecule has 0 aliphatic carbocycles. The third kappa shape index (κ3) is 3.03. The molecule has 0 saturated carbocycles. The Labute approximate surface area is 147 Å². The molecule has 2 aromatic heterocycles. The number of para-hydroxylation sites is 3. The van der Waals surface area contributed by atoms with Gasteiger partial charge in [0.2, 0.25) is 5.95 Å². The molecule has 4 aromatic rings. The highest BCUT2D eigenvalue weighted by atomic mass is 16.6. The highest BCUT2D eigenvalue weighted by Gasteiger charge is 2.16. The lowest BCUT2D eigenvalue weighted by Crippen LogP contribution is -1.91. The van der Waals surface area contributed by atoms with Crippen LogP contribution in [-0.4, -0.2) is 21.1 Å². The van der Waals surface area contributed by atoms with E-state index in [0.29, 0.717) is 23.0 Å². The standard InChI is InChI=1S/C18H13N5O3/c24-23(25)16-8-4-1-5-13(16)17-10-9-12(26-17)11-19-22-18-20-14-6-2-3-7-15(14)21-18/h1-11H,(H2,20,21,22)/b19-11+. The molecule has 0 amide bonds. The molecule has 0 aliphatic heterocycles. The monoisotopic (exact) mass is 347 g/mol. The molecule has 0 bridgehead atoms. The number of hydrogen-bond donors (Lipinski definition) is 2. The van der Waals surface area contributed by atoms with Crippen LogP contribution in [0.25, 0.3) is 22.4 Å². The van der Waals surface area contributed by atoms with Crippen LogP contribution >= 0.6 is 0 Å². The maximum absolute atomic E-state index is 11.1. The van der Waals surface area contributed by atoms with Crippen LogP contribution in [0.15, 0.2) is 70.2 Å². The van der Waals surface area contributed by atoms with Gasteiger partial charge in [-0.15, -0.1) is 0 Å². The first-order chi connectivity index (χ1) is 12.7. The van der Waals surface area contributed by atoms with Crippen LogP contribution in [0.2, 0.25) is 0 Å². The van der Waals surface area contributed by atoms with E-state index in [2.05, 4.69) is 20.5 Å².